The average molecular weight is 288 g/mol. The van der Waals surface area contributed by atoms with Crippen molar-refractivity contribution in [3.63, 3.8) is 0 Å². The van der Waals surface area contributed by atoms with Gasteiger partial charge < -0.3 is 10.2 Å². The van der Waals surface area contributed by atoms with Crippen LogP contribution >= 0.6 is 0 Å². The molecular weight excluding hydrogens is 256 g/mol. The first-order valence-corrected chi connectivity index (χ1v) is 8.65. The van der Waals surface area contributed by atoms with Crippen molar-refractivity contribution in [2.45, 2.75) is 53.5 Å². The molecule has 0 spiro atoms. The smallest absolute Gasteiger partial charge is 0.0396 e. The molecule has 1 aliphatic rings. The largest absolute Gasteiger partial charge is 0.371 e. The molecule has 1 fully saturated rings. The molecule has 1 saturated carbocycles. The number of anilines is 1. The van der Waals surface area contributed by atoms with Crippen LogP contribution in [0, 0.1) is 18.8 Å². The summed E-state index contributed by atoms with van der Waals surface area (Å²) < 4.78 is 0. The van der Waals surface area contributed by atoms with Crippen LogP contribution in [-0.4, -0.2) is 19.6 Å². The summed E-state index contributed by atoms with van der Waals surface area (Å²) in [5.41, 5.74) is 4.27. The van der Waals surface area contributed by atoms with E-state index >= 15 is 0 Å². The van der Waals surface area contributed by atoms with Gasteiger partial charge in [-0.3, -0.25) is 0 Å². The summed E-state index contributed by atoms with van der Waals surface area (Å²) in [6.45, 7) is 13.5. The molecule has 1 aliphatic carbocycles. The van der Waals surface area contributed by atoms with E-state index in [-0.39, 0.29) is 0 Å². The van der Waals surface area contributed by atoms with Crippen LogP contribution in [0.25, 0.3) is 0 Å². The van der Waals surface area contributed by atoms with Gasteiger partial charge in [0.25, 0.3) is 0 Å². The normalized spacial score (nSPS) is 14.7. The number of aryl methyl sites for hydroxylation is 1. The fourth-order valence-corrected chi connectivity index (χ4v) is 2.88. The number of hydrogen-bond acceptors (Lipinski definition) is 2. The summed E-state index contributed by atoms with van der Waals surface area (Å²) in [4.78, 5) is 2.60. The fraction of sp³-hybridized carbons (Fsp3) is 0.684. The van der Waals surface area contributed by atoms with Crippen LogP contribution in [0.5, 0.6) is 0 Å². The Kier molecular flexibility index (Phi) is 6.10. The van der Waals surface area contributed by atoms with E-state index in [1.54, 1.807) is 0 Å². The molecule has 2 rings (SSSR count). The highest BCUT2D eigenvalue weighted by Crippen LogP contribution is 2.32. The zero-order valence-corrected chi connectivity index (χ0v) is 14.3. The third-order valence-corrected chi connectivity index (χ3v) is 4.15. The summed E-state index contributed by atoms with van der Waals surface area (Å²) in [5.74, 6) is 1.66. The Morgan fingerprint density at radius 1 is 1.29 bits per heavy atom. The summed E-state index contributed by atoms with van der Waals surface area (Å²) >= 11 is 0. The van der Waals surface area contributed by atoms with E-state index in [9.17, 15) is 0 Å². The van der Waals surface area contributed by atoms with Gasteiger partial charge in [0.1, 0.15) is 0 Å². The Balaban J connectivity index is 1.98. The molecule has 1 aromatic carbocycles. The van der Waals surface area contributed by atoms with Crippen LogP contribution < -0.4 is 10.2 Å². The molecule has 0 radical (unpaired) electrons. The Labute approximate surface area is 130 Å². The van der Waals surface area contributed by atoms with Crippen molar-refractivity contribution in [2.75, 3.05) is 24.5 Å². The Hall–Kier alpha value is -1.02. The molecule has 2 heteroatoms. The molecule has 0 aromatic heterocycles. The predicted molar refractivity (Wildman–Crippen MR) is 93.0 cm³/mol. The second kappa shape index (κ2) is 7.84. The SMILES string of the molecule is CCCN(CC1CC1)c1ccc(CNCC(C)C)cc1C. The second-order valence-electron chi connectivity index (χ2n) is 7.03. The van der Waals surface area contributed by atoms with Crippen LogP contribution in [0.4, 0.5) is 5.69 Å². The van der Waals surface area contributed by atoms with Gasteiger partial charge in [-0.05, 0) is 61.8 Å². The maximum absolute atomic E-state index is 3.53. The maximum Gasteiger partial charge on any atom is 0.0396 e. The Bertz CT molecular complexity index is 435. The van der Waals surface area contributed by atoms with Gasteiger partial charge in [-0.1, -0.05) is 32.9 Å². The first-order valence-electron chi connectivity index (χ1n) is 8.65. The van der Waals surface area contributed by atoms with E-state index in [1.165, 1.54) is 49.2 Å². The zero-order valence-electron chi connectivity index (χ0n) is 14.3. The minimum absolute atomic E-state index is 0.712. The summed E-state index contributed by atoms with van der Waals surface area (Å²) in [6.07, 6.45) is 4.08. The maximum atomic E-state index is 3.53. The van der Waals surface area contributed by atoms with E-state index in [1.807, 2.05) is 0 Å². The monoisotopic (exact) mass is 288 g/mol. The molecule has 1 aromatic rings. The third-order valence-electron chi connectivity index (χ3n) is 4.15. The lowest BCUT2D eigenvalue weighted by Crippen LogP contribution is -2.27. The predicted octanol–water partition coefficient (Wildman–Crippen LogP) is 4.37. The second-order valence-corrected chi connectivity index (χ2v) is 7.03. The van der Waals surface area contributed by atoms with E-state index in [4.69, 9.17) is 0 Å². The number of nitrogens with zero attached hydrogens (tertiary/aromatic N) is 1. The Morgan fingerprint density at radius 2 is 2.05 bits per heavy atom. The average Bonchev–Trinajstić information content (AvgIpc) is 3.22. The van der Waals surface area contributed by atoms with Gasteiger partial charge in [-0.2, -0.15) is 0 Å². The van der Waals surface area contributed by atoms with Gasteiger partial charge in [-0.25, -0.2) is 0 Å². The van der Waals surface area contributed by atoms with Crippen LogP contribution in [0.2, 0.25) is 0 Å². The molecule has 0 aliphatic heterocycles. The van der Waals surface area contributed by atoms with E-state index in [0.717, 1.165) is 19.0 Å². The highest BCUT2D eigenvalue weighted by molar-refractivity contribution is 5.54. The number of benzene rings is 1. The van der Waals surface area contributed by atoms with Crippen molar-refractivity contribution in [3.8, 4) is 0 Å². The van der Waals surface area contributed by atoms with Crippen molar-refractivity contribution in [2.24, 2.45) is 11.8 Å². The standard InChI is InChI=1S/C19H32N2/c1-5-10-21(14-17-6-7-17)19-9-8-18(11-16(19)4)13-20-12-15(2)3/h8-9,11,15,17,20H,5-7,10,12-14H2,1-4H3. The van der Waals surface area contributed by atoms with Gasteiger partial charge in [0.05, 0.1) is 0 Å². The minimum Gasteiger partial charge on any atom is -0.371 e. The molecule has 0 amide bonds. The third kappa shape index (κ3) is 5.35. The highest BCUT2D eigenvalue weighted by Gasteiger charge is 2.24. The fourth-order valence-electron chi connectivity index (χ4n) is 2.88. The summed E-state index contributed by atoms with van der Waals surface area (Å²) in [7, 11) is 0. The first kappa shape index (κ1) is 16.4. The zero-order chi connectivity index (χ0) is 15.2. The van der Waals surface area contributed by atoms with Crippen molar-refractivity contribution in [3.05, 3.63) is 29.3 Å². The van der Waals surface area contributed by atoms with Crippen LogP contribution in [0.1, 0.15) is 51.2 Å². The lowest BCUT2D eigenvalue weighted by Gasteiger charge is -2.26. The topological polar surface area (TPSA) is 15.3 Å². The first-order chi connectivity index (χ1) is 10.1. The number of hydrogen-bond donors (Lipinski definition) is 1. The lowest BCUT2D eigenvalue weighted by atomic mass is 10.1. The molecule has 0 bridgehead atoms. The minimum atomic E-state index is 0.712. The van der Waals surface area contributed by atoms with Crippen molar-refractivity contribution >= 4 is 5.69 Å². The van der Waals surface area contributed by atoms with Crippen molar-refractivity contribution in [1.29, 1.82) is 0 Å². The van der Waals surface area contributed by atoms with E-state index in [0.29, 0.717) is 5.92 Å². The highest BCUT2D eigenvalue weighted by atomic mass is 15.1. The quantitative estimate of drug-likeness (QED) is 0.726. The molecule has 0 unspecified atom stereocenters. The van der Waals surface area contributed by atoms with Gasteiger partial charge in [0.15, 0.2) is 0 Å². The van der Waals surface area contributed by atoms with E-state index < -0.39 is 0 Å². The molecule has 0 saturated heterocycles. The molecule has 2 nitrogen and oxygen atoms in total. The molecule has 1 N–H and O–H groups in total. The van der Waals surface area contributed by atoms with Gasteiger partial charge in [0, 0.05) is 25.3 Å². The molecule has 0 heterocycles. The molecule has 21 heavy (non-hydrogen) atoms. The van der Waals surface area contributed by atoms with Crippen molar-refractivity contribution in [1.82, 2.24) is 5.32 Å². The summed E-state index contributed by atoms with van der Waals surface area (Å²) in [6, 6.07) is 6.99. The van der Waals surface area contributed by atoms with Crippen LogP contribution in [0.3, 0.4) is 0 Å². The number of rotatable bonds is 9. The van der Waals surface area contributed by atoms with Gasteiger partial charge in [-0.15, -0.1) is 0 Å². The molecular formula is C19H32N2. The summed E-state index contributed by atoms with van der Waals surface area (Å²) in [5, 5.41) is 3.53. The Morgan fingerprint density at radius 3 is 2.62 bits per heavy atom. The van der Waals surface area contributed by atoms with Crippen molar-refractivity contribution < 1.29 is 0 Å². The van der Waals surface area contributed by atoms with Gasteiger partial charge in [0.2, 0.25) is 0 Å². The number of nitrogens with one attached hydrogen (secondary N) is 1. The van der Waals surface area contributed by atoms with Gasteiger partial charge >= 0.3 is 0 Å². The molecule has 0 atom stereocenters. The van der Waals surface area contributed by atoms with E-state index in [2.05, 4.69) is 56.1 Å². The van der Waals surface area contributed by atoms with Crippen LogP contribution in [0.15, 0.2) is 18.2 Å². The van der Waals surface area contributed by atoms with Crippen LogP contribution in [-0.2, 0) is 6.54 Å². The lowest BCUT2D eigenvalue weighted by molar-refractivity contribution is 0.552. The molecule has 118 valence electrons.